The predicted molar refractivity (Wildman–Crippen MR) is 76.4 cm³/mol. The van der Waals surface area contributed by atoms with E-state index in [1.807, 2.05) is 29.6 Å². The van der Waals surface area contributed by atoms with Crippen LogP contribution in [0.4, 0.5) is 13.2 Å². The second-order valence-electron chi connectivity index (χ2n) is 6.03. The molecular weight excluding hydrogens is 309 g/mol. The minimum atomic E-state index is -4.47. The van der Waals surface area contributed by atoms with E-state index in [0.717, 1.165) is 24.0 Å². The molecule has 0 radical (unpaired) electrons. The maximum absolute atomic E-state index is 12.6. The van der Waals surface area contributed by atoms with Gasteiger partial charge in [0.1, 0.15) is 12.0 Å². The summed E-state index contributed by atoms with van der Waals surface area (Å²) >= 11 is 0. The molecule has 1 saturated heterocycles. The molecule has 3 unspecified atom stereocenters. The lowest BCUT2D eigenvalue weighted by atomic mass is 9.92. The molecule has 23 heavy (non-hydrogen) atoms. The first-order valence-electron chi connectivity index (χ1n) is 7.61. The van der Waals surface area contributed by atoms with E-state index in [-0.39, 0.29) is 18.9 Å². The Hall–Kier alpha value is -2.05. The lowest BCUT2D eigenvalue weighted by molar-refractivity contribution is -0.171. The van der Waals surface area contributed by atoms with Gasteiger partial charge in [-0.25, -0.2) is 0 Å². The average molecular weight is 326 g/mol. The Bertz CT molecular complexity index is 630. The average Bonchev–Trinajstić information content (AvgIpc) is 2.89. The van der Waals surface area contributed by atoms with E-state index in [0.29, 0.717) is 0 Å². The van der Waals surface area contributed by atoms with Crippen molar-refractivity contribution in [1.82, 2.24) is 10.6 Å². The molecule has 1 fully saturated rings. The highest BCUT2D eigenvalue weighted by Gasteiger charge is 2.46. The number of piperidine rings is 1. The molecule has 2 aliphatic rings. The van der Waals surface area contributed by atoms with Gasteiger partial charge in [0, 0.05) is 0 Å². The smallest absolute Gasteiger partial charge is 0.349 e. The highest BCUT2D eigenvalue weighted by Crippen LogP contribution is 2.32. The lowest BCUT2D eigenvalue weighted by Gasteiger charge is -2.30. The van der Waals surface area contributed by atoms with E-state index in [9.17, 15) is 22.8 Å². The largest absolute Gasteiger partial charge is 0.408 e. The monoisotopic (exact) mass is 326 g/mol. The Labute approximate surface area is 131 Å². The zero-order valence-corrected chi connectivity index (χ0v) is 12.3. The fourth-order valence-corrected chi connectivity index (χ4v) is 3.28. The first kappa shape index (κ1) is 15.8. The molecule has 0 aromatic heterocycles. The van der Waals surface area contributed by atoms with Crippen LogP contribution in [0.3, 0.4) is 0 Å². The van der Waals surface area contributed by atoms with Crippen LogP contribution < -0.4 is 10.6 Å². The van der Waals surface area contributed by atoms with Crippen LogP contribution in [0, 0.1) is 5.92 Å². The van der Waals surface area contributed by atoms with Crippen molar-refractivity contribution in [3.05, 3.63) is 35.4 Å². The predicted octanol–water partition coefficient (Wildman–Crippen LogP) is 2.25. The number of fused-ring (bicyclic) bond motifs is 1. The number of amides is 2. The molecule has 124 valence electrons. The van der Waals surface area contributed by atoms with Crippen molar-refractivity contribution in [3.8, 4) is 0 Å². The van der Waals surface area contributed by atoms with Crippen LogP contribution in [-0.2, 0) is 16.0 Å². The molecule has 3 atom stereocenters. The molecule has 1 heterocycles. The molecule has 0 saturated carbocycles. The summed E-state index contributed by atoms with van der Waals surface area (Å²) < 4.78 is 37.9. The molecule has 3 rings (SSSR count). The minimum Gasteiger partial charge on any atom is -0.349 e. The van der Waals surface area contributed by atoms with Crippen molar-refractivity contribution in [3.63, 3.8) is 0 Å². The molecule has 4 nitrogen and oxygen atoms in total. The number of hydrogen-bond donors (Lipinski definition) is 2. The number of carbonyl (C=O) groups excluding carboxylic acids is 2. The fourth-order valence-electron chi connectivity index (χ4n) is 3.28. The van der Waals surface area contributed by atoms with Crippen LogP contribution in [0.5, 0.6) is 0 Å². The number of rotatable bonds is 2. The van der Waals surface area contributed by atoms with Crippen LogP contribution in [0.1, 0.15) is 36.4 Å². The van der Waals surface area contributed by atoms with Crippen molar-refractivity contribution >= 4 is 11.8 Å². The van der Waals surface area contributed by atoms with Gasteiger partial charge in [-0.2, -0.15) is 13.2 Å². The van der Waals surface area contributed by atoms with Crippen molar-refractivity contribution in [2.75, 3.05) is 0 Å². The summed E-state index contributed by atoms with van der Waals surface area (Å²) in [5, 5.41) is 4.71. The summed E-state index contributed by atoms with van der Waals surface area (Å²) in [4.78, 5) is 24.1. The number of benzene rings is 1. The second-order valence-corrected chi connectivity index (χ2v) is 6.03. The maximum atomic E-state index is 12.6. The highest BCUT2D eigenvalue weighted by atomic mass is 19.4. The standard InChI is InChI=1S/C16H17F3N2O2/c17-16(18,19)13-8-6-11(15(23)21-13)14(22)20-12-7-5-9-3-1-2-4-10(9)12/h1-4,11-13H,5-8H2,(H,20,22)(H,21,23). The quantitative estimate of drug-likeness (QED) is 0.819. The summed E-state index contributed by atoms with van der Waals surface area (Å²) in [5.74, 6) is -2.39. The Balaban J connectivity index is 1.63. The third kappa shape index (κ3) is 3.18. The third-order valence-corrected chi connectivity index (χ3v) is 4.54. The fraction of sp³-hybridized carbons (Fsp3) is 0.500. The molecule has 7 heteroatoms. The Morgan fingerprint density at radius 1 is 1.17 bits per heavy atom. The number of alkyl halides is 3. The van der Waals surface area contributed by atoms with E-state index in [1.165, 1.54) is 0 Å². The van der Waals surface area contributed by atoms with Crippen molar-refractivity contribution in [2.24, 2.45) is 5.92 Å². The zero-order chi connectivity index (χ0) is 16.6. The SMILES string of the molecule is O=C(NC1CCc2ccccc21)C1CCC(C(F)(F)F)NC1=O. The maximum Gasteiger partial charge on any atom is 0.408 e. The van der Waals surface area contributed by atoms with Gasteiger partial charge in [-0.05, 0) is 36.8 Å². The van der Waals surface area contributed by atoms with Gasteiger partial charge in [0.15, 0.2) is 0 Å². The number of hydrogen-bond acceptors (Lipinski definition) is 2. The molecule has 0 spiro atoms. The van der Waals surface area contributed by atoms with E-state index in [2.05, 4.69) is 5.32 Å². The van der Waals surface area contributed by atoms with Crippen LogP contribution in [0.15, 0.2) is 24.3 Å². The summed E-state index contributed by atoms with van der Waals surface area (Å²) in [6, 6.07) is 5.69. The zero-order valence-electron chi connectivity index (χ0n) is 12.3. The van der Waals surface area contributed by atoms with E-state index in [1.54, 1.807) is 0 Å². The molecular formula is C16H17F3N2O2. The van der Waals surface area contributed by atoms with Gasteiger partial charge in [0.25, 0.3) is 0 Å². The van der Waals surface area contributed by atoms with Gasteiger partial charge in [-0.1, -0.05) is 24.3 Å². The number of nitrogens with one attached hydrogen (secondary N) is 2. The highest BCUT2D eigenvalue weighted by molar-refractivity contribution is 6.01. The summed E-state index contributed by atoms with van der Waals surface area (Å²) in [6.45, 7) is 0. The van der Waals surface area contributed by atoms with Gasteiger partial charge in [-0.3, -0.25) is 9.59 Å². The number of carbonyl (C=O) groups is 2. The van der Waals surface area contributed by atoms with Gasteiger partial charge in [0.2, 0.25) is 11.8 Å². The Morgan fingerprint density at radius 3 is 2.61 bits per heavy atom. The molecule has 2 amide bonds. The van der Waals surface area contributed by atoms with Gasteiger partial charge >= 0.3 is 6.18 Å². The summed E-state index contributed by atoms with van der Waals surface area (Å²) in [6.07, 6.45) is -3.25. The molecule has 2 N–H and O–H groups in total. The second kappa shape index (κ2) is 5.86. The number of halogens is 3. The van der Waals surface area contributed by atoms with Crippen LogP contribution in [-0.4, -0.2) is 24.0 Å². The van der Waals surface area contributed by atoms with Crippen LogP contribution in [0.25, 0.3) is 0 Å². The first-order valence-corrected chi connectivity index (χ1v) is 7.61. The minimum absolute atomic E-state index is 0.0871. The van der Waals surface area contributed by atoms with Crippen molar-refractivity contribution in [2.45, 2.75) is 43.9 Å². The molecule has 1 aliphatic heterocycles. The van der Waals surface area contributed by atoms with Gasteiger partial charge < -0.3 is 10.6 Å². The van der Waals surface area contributed by atoms with E-state index in [4.69, 9.17) is 0 Å². The van der Waals surface area contributed by atoms with Gasteiger partial charge in [-0.15, -0.1) is 0 Å². The van der Waals surface area contributed by atoms with E-state index >= 15 is 0 Å². The van der Waals surface area contributed by atoms with Gasteiger partial charge in [0.05, 0.1) is 6.04 Å². The normalized spacial score (nSPS) is 27.3. The van der Waals surface area contributed by atoms with Crippen molar-refractivity contribution < 1.29 is 22.8 Å². The third-order valence-electron chi connectivity index (χ3n) is 4.54. The first-order chi connectivity index (χ1) is 10.9. The topological polar surface area (TPSA) is 58.2 Å². The molecule has 1 aliphatic carbocycles. The Morgan fingerprint density at radius 2 is 1.91 bits per heavy atom. The molecule has 1 aromatic rings. The van der Waals surface area contributed by atoms with E-state index < -0.39 is 30.0 Å². The van der Waals surface area contributed by atoms with Crippen molar-refractivity contribution in [1.29, 1.82) is 0 Å². The molecule has 1 aromatic carbocycles. The molecule has 0 bridgehead atoms. The van der Waals surface area contributed by atoms with Crippen LogP contribution >= 0.6 is 0 Å². The Kier molecular flexibility index (Phi) is 4.04. The lowest BCUT2D eigenvalue weighted by Crippen LogP contribution is -2.54. The summed E-state index contributed by atoms with van der Waals surface area (Å²) in [7, 11) is 0. The number of aryl methyl sites for hydroxylation is 1. The summed E-state index contributed by atoms with van der Waals surface area (Å²) in [5.41, 5.74) is 2.17. The van der Waals surface area contributed by atoms with Crippen LogP contribution in [0.2, 0.25) is 0 Å².